The van der Waals surface area contributed by atoms with E-state index in [2.05, 4.69) is 13.8 Å². The van der Waals surface area contributed by atoms with E-state index in [4.69, 9.17) is 11.8 Å². The second kappa shape index (κ2) is 18.6. The molecule has 0 aromatic heterocycles. The molecule has 0 fully saturated rings. The van der Waals surface area contributed by atoms with E-state index in [1.165, 1.54) is 110 Å². The van der Waals surface area contributed by atoms with Crippen molar-refractivity contribution in [2.75, 3.05) is 0 Å². The van der Waals surface area contributed by atoms with Crippen molar-refractivity contribution < 1.29 is 0 Å². The highest BCUT2D eigenvalue weighted by Gasteiger charge is 2.01. The van der Waals surface area contributed by atoms with Crippen molar-refractivity contribution in [2.45, 2.75) is 122 Å². The van der Waals surface area contributed by atoms with E-state index in [1.807, 2.05) is 0 Å². The SMILES string of the molecule is CCCCCCCCCCCCCCCCC(CC)P=S. The van der Waals surface area contributed by atoms with Crippen LogP contribution in [0.2, 0.25) is 0 Å². The van der Waals surface area contributed by atoms with E-state index >= 15 is 0 Å². The Morgan fingerprint density at radius 3 is 1.33 bits per heavy atom. The van der Waals surface area contributed by atoms with Crippen molar-refractivity contribution >= 4 is 19.2 Å². The van der Waals surface area contributed by atoms with Gasteiger partial charge in [0.2, 0.25) is 0 Å². The fourth-order valence-corrected chi connectivity index (χ4v) is 4.11. The zero-order valence-corrected chi connectivity index (χ0v) is 16.5. The highest BCUT2D eigenvalue weighted by molar-refractivity contribution is 7.96. The Bertz CT molecular complexity index is 206. The van der Waals surface area contributed by atoms with Gasteiger partial charge in [0.05, 0.1) is 0 Å². The fraction of sp³-hybridized carbons (Fsp3) is 1.00. The summed E-state index contributed by atoms with van der Waals surface area (Å²) in [5.74, 6) is 0. The molecule has 0 radical (unpaired) electrons. The number of hydrogen-bond donors (Lipinski definition) is 0. The molecule has 1 unspecified atom stereocenters. The minimum atomic E-state index is 0.789. The molecule has 0 aromatic rings. The second-order valence-corrected chi connectivity index (χ2v) is 8.13. The van der Waals surface area contributed by atoms with Crippen LogP contribution in [0, 0.1) is 0 Å². The topological polar surface area (TPSA) is 0 Å². The van der Waals surface area contributed by atoms with Gasteiger partial charge in [0, 0.05) is 5.66 Å². The fourth-order valence-electron chi connectivity index (χ4n) is 2.91. The van der Waals surface area contributed by atoms with Gasteiger partial charge in [0.15, 0.2) is 0 Å². The molecule has 0 aliphatic heterocycles. The summed E-state index contributed by atoms with van der Waals surface area (Å²) in [4.78, 5) is 0. The van der Waals surface area contributed by atoms with Gasteiger partial charge in [0.1, 0.15) is 0 Å². The van der Waals surface area contributed by atoms with Crippen molar-refractivity contribution in [3.05, 3.63) is 0 Å². The highest BCUT2D eigenvalue weighted by Crippen LogP contribution is 2.19. The van der Waals surface area contributed by atoms with E-state index in [0.29, 0.717) is 0 Å². The van der Waals surface area contributed by atoms with Gasteiger partial charge < -0.3 is 0 Å². The molecular weight excluding hydrogens is 291 g/mol. The summed E-state index contributed by atoms with van der Waals surface area (Å²) < 4.78 is 0. The van der Waals surface area contributed by atoms with Crippen LogP contribution >= 0.6 is 7.36 Å². The van der Waals surface area contributed by atoms with Gasteiger partial charge >= 0.3 is 0 Å². The van der Waals surface area contributed by atoms with Gasteiger partial charge in [-0.3, -0.25) is 0 Å². The van der Waals surface area contributed by atoms with Crippen LogP contribution in [0.15, 0.2) is 0 Å². The lowest BCUT2D eigenvalue weighted by molar-refractivity contribution is 0.530. The van der Waals surface area contributed by atoms with Crippen LogP contribution in [0.5, 0.6) is 0 Å². The van der Waals surface area contributed by atoms with Crippen LogP contribution in [-0.4, -0.2) is 5.66 Å². The molecule has 0 spiro atoms. The molecule has 21 heavy (non-hydrogen) atoms. The smallest absolute Gasteiger partial charge is 0.0110 e. The third-order valence-electron chi connectivity index (χ3n) is 4.51. The summed E-state index contributed by atoms with van der Waals surface area (Å²) in [6.45, 7) is 4.56. The standard InChI is InChI=1S/C19H39PS/c1-3-5-6-7-8-9-10-11-12-13-14-15-16-17-18-19(4-2)20-21/h19H,3-18H2,1-2H3. The Balaban J connectivity index is 3.04. The molecule has 126 valence electrons. The summed E-state index contributed by atoms with van der Waals surface area (Å²) in [7, 11) is 1.19. The Morgan fingerprint density at radius 2 is 1.00 bits per heavy atom. The van der Waals surface area contributed by atoms with E-state index in [9.17, 15) is 0 Å². The lowest BCUT2D eigenvalue weighted by atomic mass is 10.0. The third kappa shape index (κ3) is 16.7. The lowest BCUT2D eigenvalue weighted by Gasteiger charge is -2.07. The molecule has 0 rings (SSSR count). The molecule has 0 saturated heterocycles. The molecule has 0 saturated carbocycles. The molecule has 1 atom stereocenters. The molecular formula is C19H39PS. The monoisotopic (exact) mass is 330 g/mol. The largest absolute Gasteiger partial charge is 0.0654 e. The van der Waals surface area contributed by atoms with Crippen LogP contribution in [0.4, 0.5) is 0 Å². The summed E-state index contributed by atoms with van der Waals surface area (Å²) in [6.07, 6.45) is 22.9. The molecule has 0 heterocycles. The molecule has 0 nitrogen and oxygen atoms in total. The third-order valence-corrected chi connectivity index (χ3v) is 6.33. The quantitative estimate of drug-likeness (QED) is 0.192. The van der Waals surface area contributed by atoms with Crippen LogP contribution in [0.25, 0.3) is 0 Å². The summed E-state index contributed by atoms with van der Waals surface area (Å²) in [5, 5.41) is 0. The van der Waals surface area contributed by atoms with Gasteiger partial charge in [-0.05, 0) is 20.2 Å². The summed E-state index contributed by atoms with van der Waals surface area (Å²) >= 11 is 5.14. The number of unbranched alkanes of at least 4 members (excludes halogenated alkanes) is 13. The summed E-state index contributed by atoms with van der Waals surface area (Å²) in [6, 6.07) is 0. The normalized spacial score (nSPS) is 12.9. The zero-order chi connectivity index (χ0) is 15.6. The highest BCUT2D eigenvalue weighted by atomic mass is 32.4. The maximum atomic E-state index is 5.14. The van der Waals surface area contributed by atoms with E-state index < -0.39 is 0 Å². The zero-order valence-electron chi connectivity index (χ0n) is 14.7. The Morgan fingerprint density at radius 1 is 0.619 bits per heavy atom. The van der Waals surface area contributed by atoms with Crippen molar-refractivity contribution in [1.29, 1.82) is 0 Å². The summed E-state index contributed by atoms with van der Waals surface area (Å²) in [5.41, 5.74) is 0.789. The first-order chi connectivity index (χ1) is 10.3. The van der Waals surface area contributed by atoms with Crippen LogP contribution in [0.1, 0.15) is 117 Å². The van der Waals surface area contributed by atoms with Gasteiger partial charge in [-0.1, -0.05) is 116 Å². The molecule has 0 amide bonds. The van der Waals surface area contributed by atoms with Gasteiger partial charge in [-0.2, -0.15) is 0 Å². The average Bonchev–Trinajstić information content (AvgIpc) is 2.51. The Labute approximate surface area is 141 Å². The van der Waals surface area contributed by atoms with Crippen molar-refractivity contribution in [3.63, 3.8) is 0 Å². The maximum absolute atomic E-state index is 5.14. The van der Waals surface area contributed by atoms with Crippen LogP contribution < -0.4 is 0 Å². The number of hydrogen-bond acceptors (Lipinski definition) is 1. The van der Waals surface area contributed by atoms with E-state index in [-0.39, 0.29) is 0 Å². The van der Waals surface area contributed by atoms with Crippen LogP contribution in [0.3, 0.4) is 0 Å². The molecule has 0 aliphatic carbocycles. The first-order valence-electron chi connectivity index (χ1n) is 9.67. The Hall–Kier alpha value is 0.520. The number of rotatable bonds is 17. The first kappa shape index (κ1) is 21.5. The van der Waals surface area contributed by atoms with Crippen LogP contribution in [-0.2, 0) is 11.8 Å². The lowest BCUT2D eigenvalue weighted by Crippen LogP contribution is -1.95. The predicted octanol–water partition coefficient (Wildman–Crippen LogP) is 8.04. The maximum Gasteiger partial charge on any atom is 0.0110 e. The van der Waals surface area contributed by atoms with E-state index in [1.54, 1.807) is 0 Å². The predicted molar refractivity (Wildman–Crippen MR) is 103 cm³/mol. The molecule has 0 aromatic carbocycles. The van der Waals surface area contributed by atoms with Crippen molar-refractivity contribution in [1.82, 2.24) is 0 Å². The Kier molecular flexibility index (Phi) is 19.0. The van der Waals surface area contributed by atoms with Crippen molar-refractivity contribution in [2.24, 2.45) is 0 Å². The van der Waals surface area contributed by atoms with Gasteiger partial charge in [0.25, 0.3) is 0 Å². The van der Waals surface area contributed by atoms with Crippen molar-refractivity contribution in [3.8, 4) is 0 Å². The average molecular weight is 331 g/mol. The van der Waals surface area contributed by atoms with Gasteiger partial charge in [-0.15, -0.1) is 0 Å². The molecule has 0 bridgehead atoms. The molecule has 2 heteroatoms. The second-order valence-electron chi connectivity index (χ2n) is 6.55. The molecule has 0 aliphatic rings. The van der Waals surface area contributed by atoms with E-state index in [0.717, 1.165) is 5.66 Å². The first-order valence-corrected chi connectivity index (χ1v) is 11.6. The minimum Gasteiger partial charge on any atom is -0.0654 e. The van der Waals surface area contributed by atoms with Gasteiger partial charge in [-0.25, -0.2) is 0 Å². The minimum absolute atomic E-state index is 0.789. The molecule has 0 N–H and O–H groups in total.